The Morgan fingerprint density at radius 2 is 2.06 bits per heavy atom. The van der Waals surface area contributed by atoms with Gasteiger partial charge in [0.25, 0.3) is 0 Å². The smallest absolute Gasteiger partial charge is 0.223 e. The Morgan fingerprint density at radius 1 is 1.22 bits per heavy atom. The first-order chi connectivity index (χ1) is 8.81. The molecular weight excluding hydrogens is 231 g/mol. The molecule has 0 bridgehead atoms. The Balaban J connectivity index is 2.21. The number of aromatic nitrogens is 1. The highest BCUT2D eigenvalue weighted by Crippen LogP contribution is 2.24. The lowest BCUT2D eigenvalue weighted by Gasteiger charge is -2.10. The summed E-state index contributed by atoms with van der Waals surface area (Å²) in [6, 6.07) is 10.0. The first-order valence-electron chi connectivity index (χ1n) is 5.88. The van der Waals surface area contributed by atoms with Gasteiger partial charge in [-0.3, -0.25) is 0 Å². The molecule has 0 unspecified atom stereocenters. The van der Waals surface area contributed by atoms with Crippen molar-refractivity contribution in [3.8, 4) is 11.6 Å². The molecule has 0 fully saturated rings. The quantitative estimate of drug-likeness (QED) is 0.880. The molecular formula is C14H15FN2O. The molecule has 4 heteroatoms. The first-order valence-corrected chi connectivity index (χ1v) is 5.88. The van der Waals surface area contributed by atoms with Gasteiger partial charge in [-0.1, -0.05) is 25.1 Å². The molecule has 1 N–H and O–H groups in total. The molecule has 0 aliphatic rings. The molecule has 2 aromatic rings. The van der Waals surface area contributed by atoms with E-state index >= 15 is 0 Å². The van der Waals surface area contributed by atoms with Gasteiger partial charge in [0.1, 0.15) is 0 Å². The summed E-state index contributed by atoms with van der Waals surface area (Å²) < 4.78 is 19.0. The second-order valence-electron chi connectivity index (χ2n) is 3.78. The van der Waals surface area contributed by atoms with E-state index in [1.807, 2.05) is 19.1 Å². The average Bonchev–Trinajstić information content (AvgIpc) is 2.40. The SMILES string of the molecule is CCNCc1cccnc1Oc1ccccc1F. The number of nitrogens with one attached hydrogen (secondary N) is 1. The zero-order valence-electron chi connectivity index (χ0n) is 10.2. The Hall–Kier alpha value is -1.94. The van der Waals surface area contributed by atoms with Gasteiger partial charge in [0, 0.05) is 18.3 Å². The van der Waals surface area contributed by atoms with E-state index < -0.39 is 5.82 Å². The van der Waals surface area contributed by atoms with Crippen molar-refractivity contribution in [3.05, 3.63) is 54.0 Å². The van der Waals surface area contributed by atoms with Gasteiger partial charge in [0.2, 0.25) is 5.88 Å². The maximum atomic E-state index is 13.5. The van der Waals surface area contributed by atoms with E-state index in [2.05, 4.69) is 10.3 Å². The fraction of sp³-hybridized carbons (Fsp3) is 0.214. The Morgan fingerprint density at radius 3 is 2.83 bits per heavy atom. The zero-order valence-corrected chi connectivity index (χ0v) is 10.2. The predicted octanol–water partition coefficient (Wildman–Crippen LogP) is 3.12. The van der Waals surface area contributed by atoms with Gasteiger partial charge < -0.3 is 10.1 Å². The summed E-state index contributed by atoms with van der Waals surface area (Å²) in [6.07, 6.45) is 1.63. The molecule has 0 saturated heterocycles. The van der Waals surface area contributed by atoms with Crippen LogP contribution in [-0.4, -0.2) is 11.5 Å². The summed E-state index contributed by atoms with van der Waals surface area (Å²) in [4.78, 5) is 4.14. The minimum Gasteiger partial charge on any atom is -0.436 e. The number of hydrogen-bond donors (Lipinski definition) is 1. The van der Waals surface area contributed by atoms with Crippen LogP contribution in [0, 0.1) is 5.82 Å². The highest BCUT2D eigenvalue weighted by Gasteiger charge is 2.08. The van der Waals surface area contributed by atoms with Crippen LogP contribution in [0.25, 0.3) is 0 Å². The summed E-state index contributed by atoms with van der Waals surface area (Å²) in [6.45, 7) is 3.52. The fourth-order valence-corrected chi connectivity index (χ4v) is 1.54. The van der Waals surface area contributed by atoms with Gasteiger partial charge in [-0.25, -0.2) is 9.37 Å². The van der Waals surface area contributed by atoms with Crippen molar-refractivity contribution in [2.45, 2.75) is 13.5 Å². The van der Waals surface area contributed by atoms with Crippen LogP contribution in [0.15, 0.2) is 42.6 Å². The predicted molar refractivity (Wildman–Crippen MR) is 68.1 cm³/mol. The van der Waals surface area contributed by atoms with Crippen molar-refractivity contribution in [2.24, 2.45) is 0 Å². The fourth-order valence-electron chi connectivity index (χ4n) is 1.54. The van der Waals surface area contributed by atoms with E-state index in [-0.39, 0.29) is 5.75 Å². The highest BCUT2D eigenvalue weighted by molar-refractivity contribution is 5.32. The monoisotopic (exact) mass is 246 g/mol. The number of rotatable bonds is 5. The number of pyridine rings is 1. The molecule has 1 aromatic heterocycles. The second kappa shape index (κ2) is 6.12. The molecule has 2 rings (SSSR count). The molecule has 1 aromatic carbocycles. The van der Waals surface area contributed by atoms with Crippen LogP contribution < -0.4 is 10.1 Å². The van der Waals surface area contributed by atoms with Crippen molar-refractivity contribution < 1.29 is 9.13 Å². The molecule has 3 nitrogen and oxygen atoms in total. The number of para-hydroxylation sites is 1. The molecule has 0 amide bonds. The molecule has 1 heterocycles. The lowest BCUT2D eigenvalue weighted by atomic mass is 10.2. The molecule has 0 atom stereocenters. The van der Waals surface area contributed by atoms with Gasteiger partial charge in [-0.15, -0.1) is 0 Å². The van der Waals surface area contributed by atoms with Crippen LogP contribution in [0.4, 0.5) is 4.39 Å². The van der Waals surface area contributed by atoms with E-state index in [0.717, 1.165) is 12.1 Å². The number of nitrogens with zero attached hydrogens (tertiary/aromatic N) is 1. The Kier molecular flexibility index (Phi) is 4.25. The maximum absolute atomic E-state index is 13.5. The standard InChI is InChI=1S/C14H15FN2O/c1-2-16-10-11-6-5-9-17-14(11)18-13-8-4-3-7-12(13)15/h3-9,16H,2,10H2,1H3. The van der Waals surface area contributed by atoms with Gasteiger partial charge in [0.05, 0.1) is 0 Å². The maximum Gasteiger partial charge on any atom is 0.223 e. The van der Waals surface area contributed by atoms with E-state index in [9.17, 15) is 4.39 Å². The molecule has 18 heavy (non-hydrogen) atoms. The topological polar surface area (TPSA) is 34.2 Å². The van der Waals surface area contributed by atoms with Crippen LogP contribution >= 0.6 is 0 Å². The Bertz CT molecular complexity index is 517. The van der Waals surface area contributed by atoms with Gasteiger partial charge in [0.15, 0.2) is 11.6 Å². The largest absolute Gasteiger partial charge is 0.436 e. The van der Waals surface area contributed by atoms with Crippen LogP contribution in [0.1, 0.15) is 12.5 Å². The lowest BCUT2D eigenvalue weighted by Crippen LogP contribution is -2.12. The Labute approximate surface area is 106 Å². The normalized spacial score (nSPS) is 10.3. The minimum atomic E-state index is -0.391. The lowest BCUT2D eigenvalue weighted by molar-refractivity contribution is 0.421. The van der Waals surface area contributed by atoms with E-state index in [4.69, 9.17) is 4.74 Å². The van der Waals surface area contributed by atoms with Crippen LogP contribution in [0.2, 0.25) is 0 Å². The molecule has 0 aliphatic carbocycles. The number of ether oxygens (including phenoxy) is 1. The minimum absolute atomic E-state index is 0.189. The molecule has 94 valence electrons. The summed E-state index contributed by atoms with van der Waals surface area (Å²) in [5, 5.41) is 3.19. The first kappa shape index (κ1) is 12.5. The molecule has 0 radical (unpaired) electrons. The van der Waals surface area contributed by atoms with Crippen molar-refractivity contribution >= 4 is 0 Å². The van der Waals surface area contributed by atoms with Gasteiger partial charge in [-0.2, -0.15) is 0 Å². The summed E-state index contributed by atoms with van der Waals surface area (Å²) in [5.74, 6) is 0.232. The summed E-state index contributed by atoms with van der Waals surface area (Å²) >= 11 is 0. The number of benzene rings is 1. The van der Waals surface area contributed by atoms with E-state index in [1.54, 1.807) is 24.4 Å². The van der Waals surface area contributed by atoms with Crippen LogP contribution in [0.3, 0.4) is 0 Å². The second-order valence-corrected chi connectivity index (χ2v) is 3.78. The third-order valence-corrected chi connectivity index (χ3v) is 2.46. The molecule has 0 saturated carbocycles. The summed E-state index contributed by atoms with van der Waals surface area (Å²) in [7, 11) is 0. The van der Waals surface area contributed by atoms with Crippen molar-refractivity contribution in [2.75, 3.05) is 6.54 Å². The number of halogens is 1. The average molecular weight is 246 g/mol. The van der Waals surface area contributed by atoms with Crippen LogP contribution in [0.5, 0.6) is 11.6 Å². The van der Waals surface area contributed by atoms with Gasteiger partial charge in [-0.05, 0) is 24.7 Å². The summed E-state index contributed by atoms with van der Waals surface area (Å²) in [5.41, 5.74) is 0.905. The van der Waals surface area contributed by atoms with Crippen molar-refractivity contribution in [1.29, 1.82) is 0 Å². The van der Waals surface area contributed by atoms with Gasteiger partial charge >= 0.3 is 0 Å². The third kappa shape index (κ3) is 3.05. The van der Waals surface area contributed by atoms with E-state index in [1.165, 1.54) is 6.07 Å². The van der Waals surface area contributed by atoms with Crippen LogP contribution in [-0.2, 0) is 6.54 Å². The zero-order chi connectivity index (χ0) is 12.8. The van der Waals surface area contributed by atoms with Crippen molar-refractivity contribution in [1.82, 2.24) is 10.3 Å². The number of hydrogen-bond acceptors (Lipinski definition) is 3. The highest BCUT2D eigenvalue weighted by atomic mass is 19.1. The molecule has 0 spiro atoms. The third-order valence-electron chi connectivity index (χ3n) is 2.46. The van der Waals surface area contributed by atoms with Crippen molar-refractivity contribution in [3.63, 3.8) is 0 Å². The molecule has 0 aliphatic heterocycles. The van der Waals surface area contributed by atoms with E-state index in [0.29, 0.717) is 12.4 Å².